The van der Waals surface area contributed by atoms with Crippen LogP contribution in [0.25, 0.3) is 0 Å². The molecule has 1 atom stereocenters. The monoisotopic (exact) mass is 375 g/mol. The third kappa shape index (κ3) is 4.81. The van der Waals surface area contributed by atoms with E-state index in [4.69, 9.17) is 17.3 Å². The third-order valence-electron chi connectivity index (χ3n) is 4.69. The highest BCUT2D eigenvalue weighted by Gasteiger charge is 2.25. The second kappa shape index (κ2) is 8.62. The van der Waals surface area contributed by atoms with Gasteiger partial charge in [-0.3, -0.25) is 9.69 Å². The molecule has 0 saturated carbocycles. The summed E-state index contributed by atoms with van der Waals surface area (Å²) in [7, 11) is 0. The Morgan fingerprint density at radius 2 is 1.85 bits per heavy atom. The van der Waals surface area contributed by atoms with Crippen molar-refractivity contribution in [3.05, 3.63) is 70.5 Å². The average Bonchev–Trinajstić information content (AvgIpc) is 2.64. The van der Waals surface area contributed by atoms with Crippen LogP contribution < -0.4 is 5.73 Å². The van der Waals surface area contributed by atoms with Crippen LogP contribution in [0.1, 0.15) is 11.1 Å². The van der Waals surface area contributed by atoms with Gasteiger partial charge in [0, 0.05) is 37.7 Å². The summed E-state index contributed by atoms with van der Waals surface area (Å²) in [6.45, 7) is 3.45. The van der Waals surface area contributed by atoms with Crippen molar-refractivity contribution in [1.82, 2.24) is 9.80 Å². The van der Waals surface area contributed by atoms with Crippen molar-refractivity contribution < 1.29 is 9.18 Å². The second-order valence-corrected chi connectivity index (χ2v) is 7.04. The van der Waals surface area contributed by atoms with Crippen LogP contribution in [0.2, 0.25) is 5.02 Å². The van der Waals surface area contributed by atoms with Crippen molar-refractivity contribution in [2.24, 2.45) is 5.73 Å². The van der Waals surface area contributed by atoms with Gasteiger partial charge in [0.25, 0.3) is 0 Å². The van der Waals surface area contributed by atoms with E-state index in [2.05, 4.69) is 4.90 Å². The van der Waals surface area contributed by atoms with Gasteiger partial charge in [-0.25, -0.2) is 4.39 Å². The SMILES string of the molecule is NC(Cc1ccccc1Cl)C(=O)N1CCN(Cc2cccc(F)c2)CC1. The van der Waals surface area contributed by atoms with Crippen LogP contribution in [0.15, 0.2) is 48.5 Å². The van der Waals surface area contributed by atoms with Crippen LogP contribution in [-0.2, 0) is 17.8 Å². The molecule has 0 bridgehead atoms. The maximum Gasteiger partial charge on any atom is 0.239 e. The highest BCUT2D eigenvalue weighted by Crippen LogP contribution is 2.17. The van der Waals surface area contributed by atoms with Gasteiger partial charge >= 0.3 is 0 Å². The number of halogens is 2. The first-order valence-corrected chi connectivity index (χ1v) is 9.15. The Morgan fingerprint density at radius 1 is 1.12 bits per heavy atom. The van der Waals surface area contributed by atoms with Crippen LogP contribution in [-0.4, -0.2) is 47.9 Å². The third-order valence-corrected chi connectivity index (χ3v) is 5.06. The Labute approximate surface area is 158 Å². The van der Waals surface area contributed by atoms with Gasteiger partial charge in [-0.1, -0.05) is 41.9 Å². The molecule has 1 saturated heterocycles. The number of nitrogens with two attached hydrogens (primary N) is 1. The Bertz CT molecular complexity index is 762. The number of carbonyl (C=O) groups is 1. The number of amides is 1. The fourth-order valence-corrected chi connectivity index (χ4v) is 3.46. The predicted octanol–water partition coefficient (Wildman–Crippen LogP) is 2.69. The van der Waals surface area contributed by atoms with Crippen LogP contribution in [0, 0.1) is 5.82 Å². The molecule has 2 aromatic carbocycles. The summed E-state index contributed by atoms with van der Waals surface area (Å²) < 4.78 is 13.3. The van der Waals surface area contributed by atoms with Gasteiger partial charge < -0.3 is 10.6 Å². The molecule has 0 spiro atoms. The molecule has 0 aliphatic carbocycles. The number of nitrogens with zero attached hydrogens (tertiary/aromatic N) is 2. The lowest BCUT2D eigenvalue weighted by Gasteiger charge is -2.36. The molecule has 1 heterocycles. The zero-order valence-corrected chi connectivity index (χ0v) is 15.3. The van der Waals surface area contributed by atoms with E-state index in [-0.39, 0.29) is 11.7 Å². The maximum atomic E-state index is 13.3. The van der Waals surface area contributed by atoms with E-state index in [9.17, 15) is 9.18 Å². The minimum atomic E-state index is -0.593. The number of hydrogen-bond donors (Lipinski definition) is 1. The molecular formula is C20H23ClFN3O. The molecule has 1 amide bonds. The first-order chi connectivity index (χ1) is 12.5. The molecule has 1 aliphatic heterocycles. The van der Waals surface area contributed by atoms with E-state index in [0.717, 1.165) is 24.2 Å². The Balaban J connectivity index is 1.51. The van der Waals surface area contributed by atoms with Crippen LogP contribution in [0.3, 0.4) is 0 Å². The lowest BCUT2D eigenvalue weighted by molar-refractivity contribution is -0.134. The highest BCUT2D eigenvalue weighted by atomic mass is 35.5. The Morgan fingerprint density at radius 3 is 2.54 bits per heavy atom. The smallest absolute Gasteiger partial charge is 0.239 e. The molecule has 2 aromatic rings. The van der Waals surface area contributed by atoms with Gasteiger partial charge in [0.05, 0.1) is 6.04 Å². The maximum absolute atomic E-state index is 13.3. The van der Waals surface area contributed by atoms with Crippen molar-refractivity contribution in [1.29, 1.82) is 0 Å². The molecule has 0 radical (unpaired) electrons. The Kier molecular flexibility index (Phi) is 6.25. The zero-order chi connectivity index (χ0) is 18.5. The number of piperazine rings is 1. The summed E-state index contributed by atoms with van der Waals surface area (Å²) in [4.78, 5) is 16.6. The average molecular weight is 376 g/mol. The van der Waals surface area contributed by atoms with Gasteiger partial charge in [0.2, 0.25) is 5.91 Å². The largest absolute Gasteiger partial charge is 0.339 e. The van der Waals surface area contributed by atoms with Gasteiger partial charge in [0.15, 0.2) is 0 Å². The molecule has 1 unspecified atom stereocenters. The minimum absolute atomic E-state index is 0.0460. The van der Waals surface area contributed by atoms with E-state index >= 15 is 0 Å². The van der Waals surface area contributed by atoms with Gasteiger partial charge in [0.1, 0.15) is 5.82 Å². The standard InChI is InChI=1S/C20H23ClFN3O/c21-18-7-2-1-5-16(18)13-19(23)20(26)25-10-8-24(9-11-25)14-15-4-3-6-17(22)12-15/h1-7,12,19H,8-11,13-14,23H2. The molecule has 2 N–H and O–H groups in total. The van der Waals surface area contributed by atoms with Crippen LogP contribution >= 0.6 is 11.6 Å². The summed E-state index contributed by atoms with van der Waals surface area (Å²) in [6, 6.07) is 13.5. The van der Waals surface area contributed by atoms with Crippen molar-refractivity contribution >= 4 is 17.5 Å². The van der Waals surface area contributed by atoms with Crippen molar-refractivity contribution in [3.63, 3.8) is 0 Å². The molecule has 6 heteroatoms. The van der Waals surface area contributed by atoms with E-state index in [1.165, 1.54) is 6.07 Å². The van der Waals surface area contributed by atoms with Crippen molar-refractivity contribution in [3.8, 4) is 0 Å². The fourth-order valence-electron chi connectivity index (χ4n) is 3.24. The highest BCUT2D eigenvalue weighted by molar-refractivity contribution is 6.31. The summed E-state index contributed by atoms with van der Waals surface area (Å²) in [6.07, 6.45) is 0.433. The van der Waals surface area contributed by atoms with Crippen molar-refractivity contribution in [2.75, 3.05) is 26.2 Å². The first kappa shape index (κ1) is 18.8. The Hall–Kier alpha value is -1.95. The van der Waals surface area contributed by atoms with E-state index in [1.807, 2.05) is 29.2 Å². The zero-order valence-electron chi connectivity index (χ0n) is 14.6. The summed E-state index contributed by atoms with van der Waals surface area (Å²) in [5, 5.41) is 0.635. The molecule has 3 rings (SSSR count). The number of benzene rings is 2. The van der Waals surface area contributed by atoms with E-state index in [1.54, 1.807) is 18.2 Å². The molecular weight excluding hydrogens is 353 g/mol. The molecule has 138 valence electrons. The van der Waals surface area contributed by atoms with Crippen molar-refractivity contribution in [2.45, 2.75) is 19.0 Å². The summed E-state index contributed by atoms with van der Waals surface area (Å²) in [5.41, 5.74) is 7.95. The number of rotatable bonds is 5. The predicted molar refractivity (Wildman–Crippen MR) is 101 cm³/mol. The van der Waals surface area contributed by atoms with Gasteiger partial charge in [-0.2, -0.15) is 0 Å². The van der Waals surface area contributed by atoms with Crippen LogP contribution in [0.5, 0.6) is 0 Å². The van der Waals surface area contributed by atoms with E-state index < -0.39 is 6.04 Å². The van der Waals surface area contributed by atoms with Gasteiger partial charge in [-0.15, -0.1) is 0 Å². The van der Waals surface area contributed by atoms with Gasteiger partial charge in [-0.05, 0) is 35.7 Å². The number of carbonyl (C=O) groups excluding carboxylic acids is 1. The molecule has 26 heavy (non-hydrogen) atoms. The number of hydrogen-bond acceptors (Lipinski definition) is 3. The second-order valence-electron chi connectivity index (χ2n) is 6.63. The molecule has 1 fully saturated rings. The molecule has 0 aromatic heterocycles. The molecule has 4 nitrogen and oxygen atoms in total. The normalized spacial score (nSPS) is 16.5. The minimum Gasteiger partial charge on any atom is -0.339 e. The summed E-state index contributed by atoms with van der Waals surface area (Å²) in [5.74, 6) is -0.266. The van der Waals surface area contributed by atoms with E-state index in [0.29, 0.717) is 31.1 Å². The molecule has 1 aliphatic rings. The quantitative estimate of drug-likeness (QED) is 0.874. The summed E-state index contributed by atoms with van der Waals surface area (Å²) >= 11 is 6.15. The first-order valence-electron chi connectivity index (χ1n) is 8.77. The van der Waals surface area contributed by atoms with Crippen LogP contribution in [0.4, 0.5) is 4.39 Å². The lowest BCUT2D eigenvalue weighted by Crippen LogP contribution is -2.53. The lowest BCUT2D eigenvalue weighted by atomic mass is 10.1. The fraction of sp³-hybridized carbons (Fsp3) is 0.350. The topological polar surface area (TPSA) is 49.6 Å².